The first-order chi connectivity index (χ1) is 11.2. The predicted octanol–water partition coefficient (Wildman–Crippen LogP) is 0.869. The summed E-state index contributed by atoms with van der Waals surface area (Å²) in [4.78, 5) is 6.50. The van der Waals surface area contributed by atoms with Gasteiger partial charge in [0.2, 0.25) is 0 Å². The Balaban J connectivity index is 1.62. The maximum Gasteiger partial charge on any atom is 0.191 e. The molecule has 23 heavy (non-hydrogen) atoms. The number of guanidine groups is 1. The van der Waals surface area contributed by atoms with E-state index in [9.17, 15) is 0 Å². The molecule has 0 radical (unpaired) electrons. The van der Waals surface area contributed by atoms with E-state index >= 15 is 0 Å². The molecule has 1 saturated heterocycles. The fourth-order valence-corrected chi connectivity index (χ4v) is 2.39. The molecule has 6 nitrogen and oxygen atoms in total. The molecule has 0 amide bonds. The van der Waals surface area contributed by atoms with E-state index in [0.29, 0.717) is 13.2 Å². The van der Waals surface area contributed by atoms with Crippen LogP contribution in [-0.4, -0.2) is 70.5 Å². The Morgan fingerprint density at radius 3 is 2.83 bits per heavy atom. The predicted molar refractivity (Wildman–Crippen MR) is 93.3 cm³/mol. The number of aryl methyl sites for hydroxylation is 1. The van der Waals surface area contributed by atoms with Crippen LogP contribution in [-0.2, 0) is 4.74 Å². The van der Waals surface area contributed by atoms with E-state index in [1.54, 1.807) is 7.05 Å². The molecule has 0 bridgehead atoms. The zero-order valence-corrected chi connectivity index (χ0v) is 14.3. The molecule has 6 heteroatoms. The van der Waals surface area contributed by atoms with Gasteiger partial charge in [0, 0.05) is 26.7 Å². The lowest BCUT2D eigenvalue weighted by atomic mass is 10.2. The minimum absolute atomic E-state index is 0.205. The molecule has 0 aliphatic carbocycles. The summed E-state index contributed by atoms with van der Waals surface area (Å²) in [5.74, 6) is 1.66. The van der Waals surface area contributed by atoms with Gasteiger partial charge in [-0.3, -0.25) is 4.99 Å². The molecular weight excluding hydrogens is 292 g/mol. The van der Waals surface area contributed by atoms with Crippen molar-refractivity contribution < 1.29 is 9.47 Å². The fraction of sp³-hybridized carbons (Fsp3) is 0.588. The Bertz CT molecular complexity index is 490. The summed E-state index contributed by atoms with van der Waals surface area (Å²) in [6.45, 7) is 6.84. The third-order valence-electron chi connectivity index (χ3n) is 3.75. The minimum atomic E-state index is 0.205. The molecule has 1 aromatic carbocycles. The van der Waals surface area contributed by atoms with Crippen LogP contribution >= 0.6 is 0 Å². The van der Waals surface area contributed by atoms with Gasteiger partial charge in [0.05, 0.1) is 19.3 Å². The van der Waals surface area contributed by atoms with Gasteiger partial charge in [-0.1, -0.05) is 17.7 Å². The molecule has 1 atom stereocenters. The van der Waals surface area contributed by atoms with Crippen LogP contribution in [0.3, 0.4) is 0 Å². The first kappa shape index (κ1) is 17.6. The van der Waals surface area contributed by atoms with E-state index in [1.165, 1.54) is 5.56 Å². The molecule has 0 aromatic heterocycles. The molecule has 128 valence electrons. The lowest BCUT2D eigenvalue weighted by Gasteiger charge is -2.30. The number of likely N-dealkylation sites (N-methyl/N-ethyl adjacent to an activating group) is 1. The highest BCUT2D eigenvalue weighted by Gasteiger charge is 2.17. The topological polar surface area (TPSA) is 58.1 Å². The fourth-order valence-electron chi connectivity index (χ4n) is 2.39. The number of benzene rings is 1. The molecule has 1 fully saturated rings. The monoisotopic (exact) mass is 320 g/mol. The number of ether oxygens (including phenoxy) is 2. The van der Waals surface area contributed by atoms with Gasteiger partial charge in [-0.15, -0.1) is 0 Å². The van der Waals surface area contributed by atoms with Crippen molar-refractivity contribution in [3.63, 3.8) is 0 Å². The summed E-state index contributed by atoms with van der Waals surface area (Å²) < 4.78 is 11.4. The Hall–Kier alpha value is -1.79. The van der Waals surface area contributed by atoms with Gasteiger partial charge >= 0.3 is 0 Å². The normalized spacial score (nSPS) is 19.4. The minimum Gasteiger partial charge on any atom is -0.492 e. The number of morpholine rings is 1. The second kappa shape index (κ2) is 9.37. The number of nitrogens with zero attached hydrogens (tertiary/aromatic N) is 2. The first-order valence-corrected chi connectivity index (χ1v) is 8.11. The smallest absolute Gasteiger partial charge is 0.191 e. The summed E-state index contributed by atoms with van der Waals surface area (Å²) in [7, 11) is 3.88. The molecule has 1 aliphatic heterocycles. The highest BCUT2D eigenvalue weighted by atomic mass is 16.5. The van der Waals surface area contributed by atoms with E-state index in [2.05, 4.69) is 34.5 Å². The zero-order valence-electron chi connectivity index (χ0n) is 14.3. The van der Waals surface area contributed by atoms with Crippen LogP contribution < -0.4 is 15.4 Å². The Morgan fingerprint density at radius 1 is 1.35 bits per heavy atom. The average Bonchev–Trinajstić information content (AvgIpc) is 2.56. The van der Waals surface area contributed by atoms with Crippen LogP contribution in [0.1, 0.15) is 5.56 Å². The van der Waals surface area contributed by atoms with E-state index in [1.807, 2.05) is 24.3 Å². The van der Waals surface area contributed by atoms with E-state index < -0.39 is 0 Å². The molecule has 1 aromatic rings. The van der Waals surface area contributed by atoms with E-state index in [4.69, 9.17) is 9.47 Å². The van der Waals surface area contributed by atoms with Gasteiger partial charge in [-0.05, 0) is 26.1 Å². The van der Waals surface area contributed by atoms with Crippen molar-refractivity contribution >= 4 is 5.96 Å². The van der Waals surface area contributed by atoms with Crippen molar-refractivity contribution in [3.8, 4) is 5.75 Å². The highest BCUT2D eigenvalue weighted by Crippen LogP contribution is 2.10. The highest BCUT2D eigenvalue weighted by molar-refractivity contribution is 5.79. The third kappa shape index (κ3) is 6.46. The number of hydrogen-bond acceptors (Lipinski definition) is 4. The number of nitrogens with one attached hydrogen (secondary N) is 2. The molecular formula is C17H28N4O2. The van der Waals surface area contributed by atoms with Crippen molar-refractivity contribution in [1.29, 1.82) is 0 Å². The molecule has 2 N–H and O–H groups in total. The largest absolute Gasteiger partial charge is 0.492 e. The summed E-state index contributed by atoms with van der Waals surface area (Å²) in [6, 6.07) is 8.06. The van der Waals surface area contributed by atoms with Crippen LogP contribution in [0.2, 0.25) is 0 Å². The molecule has 1 unspecified atom stereocenters. The van der Waals surface area contributed by atoms with Crippen LogP contribution in [0.4, 0.5) is 0 Å². The van der Waals surface area contributed by atoms with Gasteiger partial charge < -0.3 is 25.0 Å². The van der Waals surface area contributed by atoms with E-state index in [-0.39, 0.29) is 6.10 Å². The summed E-state index contributed by atoms with van der Waals surface area (Å²) in [6.07, 6.45) is 0.205. The van der Waals surface area contributed by atoms with Gasteiger partial charge in [0.15, 0.2) is 5.96 Å². The van der Waals surface area contributed by atoms with Crippen LogP contribution in [0.5, 0.6) is 5.75 Å². The summed E-state index contributed by atoms with van der Waals surface area (Å²) in [5, 5.41) is 6.54. The Morgan fingerprint density at radius 2 is 2.13 bits per heavy atom. The van der Waals surface area contributed by atoms with E-state index in [0.717, 1.165) is 38.0 Å². The average molecular weight is 320 g/mol. The summed E-state index contributed by atoms with van der Waals surface area (Å²) in [5.41, 5.74) is 1.23. The molecule has 0 saturated carbocycles. The van der Waals surface area contributed by atoms with Crippen LogP contribution in [0.15, 0.2) is 29.3 Å². The van der Waals surface area contributed by atoms with Gasteiger partial charge in [0.1, 0.15) is 12.4 Å². The maximum atomic E-state index is 5.72. The number of rotatable bonds is 6. The number of hydrogen-bond donors (Lipinski definition) is 2. The van der Waals surface area contributed by atoms with Gasteiger partial charge in [-0.25, -0.2) is 0 Å². The lowest BCUT2D eigenvalue weighted by molar-refractivity contribution is -0.0161. The summed E-state index contributed by atoms with van der Waals surface area (Å²) >= 11 is 0. The second-order valence-corrected chi connectivity index (χ2v) is 5.80. The molecule has 1 heterocycles. The lowest BCUT2D eigenvalue weighted by Crippen LogP contribution is -2.48. The zero-order chi connectivity index (χ0) is 16.5. The van der Waals surface area contributed by atoms with Crippen molar-refractivity contribution in [3.05, 3.63) is 29.8 Å². The Kier molecular flexibility index (Phi) is 7.16. The maximum absolute atomic E-state index is 5.72. The second-order valence-electron chi connectivity index (χ2n) is 5.80. The molecule has 0 spiro atoms. The van der Waals surface area contributed by atoms with Crippen molar-refractivity contribution in [2.75, 3.05) is 53.5 Å². The SMILES string of the molecule is CN=C(NCCOc1ccc(C)cc1)NCC1CN(C)CCO1. The van der Waals surface area contributed by atoms with Crippen LogP contribution in [0.25, 0.3) is 0 Å². The quantitative estimate of drug-likeness (QED) is 0.463. The molecule has 2 rings (SSSR count). The van der Waals surface area contributed by atoms with Crippen molar-refractivity contribution in [2.45, 2.75) is 13.0 Å². The Labute approximate surface area is 138 Å². The number of aliphatic imine (C=N–C) groups is 1. The first-order valence-electron chi connectivity index (χ1n) is 8.11. The third-order valence-corrected chi connectivity index (χ3v) is 3.75. The molecule has 1 aliphatic rings. The van der Waals surface area contributed by atoms with Gasteiger partial charge in [-0.2, -0.15) is 0 Å². The van der Waals surface area contributed by atoms with Crippen molar-refractivity contribution in [1.82, 2.24) is 15.5 Å². The van der Waals surface area contributed by atoms with Gasteiger partial charge in [0.25, 0.3) is 0 Å². The van der Waals surface area contributed by atoms with Crippen molar-refractivity contribution in [2.24, 2.45) is 4.99 Å². The standard InChI is InChI=1S/C17H28N4O2/c1-14-4-6-15(7-5-14)22-10-8-19-17(18-2)20-12-16-13-21(3)9-11-23-16/h4-7,16H,8-13H2,1-3H3,(H2,18,19,20). The van der Waals surface area contributed by atoms with Crippen LogP contribution in [0, 0.1) is 6.92 Å².